The molecule has 1 heterocycles. The number of hydrogen-bond acceptors (Lipinski definition) is 3. The highest BCUT2D eigenvalue weighted by Crippen LogP contribution is 2.21. The third-order valence-corrected chi connectivity index (χ3v) is 3.24. The minimum atomic E-state index is -0.750. The minimum absolute atomic E-state index is 0.0254. The molecular formula is C14H16N2O2. The van der Waals surface area contributed by atoms with Gasteiger partial charge < -0.3 is 10.0 Å². The zero-order chi connectivity index (χ0) is 13.2. The molecule has 1 aliphatic rings. The normalized spacial score (nSPS) is 22.8. The molecule has 4 nitrogen and oxygen atoms in total. The van der Waals surface area contributed by atoms with Crippen molar-refractivity contribution in [2.45, 2.75) is 25.4 Å². The lowest BCUT2D eigenvalue weighted by Gasteiger charge is -2.19. The van der Waals surface area contributed by atoms with Gasteiger partial charge in [-0.25, -0.2) is 0 Å². The number of aliphatic hydroxyl groups is 1. The predicted molar refractivity (Wildman–Crippen MR) is 66.7 cm³/mol. The molecule has 1 N–H and O–H groups in total. The standard InChI is InChI=1S/C14H16N2O2/c1-14(18)6-7-16(10-14)13(17)8-11-2-4-12(9-15)5-3-11/h2-5,18H,6-8,10H2,1H3. The van der Waals surface area contributed by atoms with Gasteiger partial charge >= 0.3 is 0 Å². The molecule has 1 saturated heterocycles. The van der Waals surface area contributed by atoms with Crippen molar-refractivity contribution < 1.29 is 9.90 Å². The lowest BCUT2D eigenvalue weighted by atomic mass is 10.1. The van der Waals surface area contributed by atoms with Gasteiger partial charge in [-0.1, -0.05) is 12.1 Å². The summed E-state index contributed by atoms with van der Waals surface area (Å²) in [6.45, 7) is 2.77. The summed E-state index contributed by atoms with van der Waals surface area (Å²) in [5.74, 6) is 0.0254. The maximum atomic E-state index is 12.0. The Morgan fingerprint density at radius 1 is 1.50 bits per heavy atom. The summed E-state index contributed by atoms with van der Waals surface area (Å²) in [4.78, 5) is 13.7. The Labute approximate surface area is 106 Å². The number of benzene rings is 1. The second-order valence-corrected chi connectivity index (χ2v) is 5.05. The highest BCUT2D eigenvalue weighted by molar-refractivity contribution is 5.79. The summed E-state index contributed by atoms with van der Waals surface area (Å²) >= 11 is 0. The van der Waals surface area contributed by atoms with Crippen LogP contribution in [0, 0.1) is 11.3 Å². The van der Waals surface area contributed by atoms with Gasteiger partial charge in [0.1, 0.15) is 0 Å². The molecule has 1 fully saturated rings. The van der Waals surface area contributed by atoms with E-state index in [1.165, 1.54) is 0 Å². The summed E-state index contributed by atoms with van der Waals surface area (Å²) in [5, 5.41) is 18.5. The summed E-state index contributed by atoms with van der Waals surface area (Å²) in [6, 6.07) is 9.06. The van der Waals surface area contributed by atoms with E-state index in [9.17, 15) is 9.90 Å². The Morgan fingerprint density at radius 3 is 2.67 bits per heavy atom. The van der Waals surface area contributed by atoms with Crippen LogP contribution in [0.15, 0.2) is 24.3 Å². The van der Waals surface area contributed by atoms with Gasteiger partial charge in [-0.15, -0.1) is 0 Å². The number of amides is 1. The maximum absolute atomic E-state index is 12.0. The summed E-state index contributed by atoms with van der Waals surface area (Å²) in [7, 11) is 0. The quantitative estimate of drug-likeness (QED) is 0.846. The highest BCUT2D eigenvalue weighted by Gasteiger charge is 2.33. The van der Waals surface area contributed by atoms with E-state index >= 15 is 0 Å². The Hall–Kier alpha value is -1.86. The molecule has 0 spiro atoms. The Bertz CT molecular complexity index is 486. The molecule has 0 saturated carbocycles. The monoisotopic (exact) mass is 244 g/mol. The molecule has 4 heteroatoms. The molecule has 1 aromatic carbocycles. The molecule has 94 valence electrons. The van der Waals surface area contributed by atoms with Crippen LogP contribution in [0.1, 0.15) is 24.5 Å². The number of nitriles is 1. The smallest absolute Gasteiger partial charge is 0.227 e. The second kappa shape index (κ2) is 4.79. The van der Waals surface area contributed by atoms with Gasteiger partial charge in [0.2, 0.25) is 5.91 Å². The molecule has 2 rings (SSSR count). The molecule has 0 aliphatic carbocycles. The van der Waals surface area contributed by atoms with Crippen molar-refractivity contribution in [1.29, 1.82) is 5.26 Å². The van der Waals surface area contributed by atoms with Crippen LogP contribution in [0.2, 0.25) is 0 Å². The topological polar surface area (TPSA) is 64.3 Å². The van der Waals surface area contributed by atoms with Crippen LogP contribution in [-0.2, 0) is 11.2 Å². The van der Waals surface area contributed by atoms with Crippen molar-refractivity contribution in [1.82, 2.24) is 4.90 Å². The van der Waals surface area contributed by atoms with Crippen LogP contribution >= 0.6 is 0 Å². The summed E-state index contributed by atoms with van der Waals surface area (Å²) < 4.78 is 0. The van der Waals surface area contributed by atoms with Crippen molar-refractivity contribution in [2.75, 3.05) is 13.1 Å². The third-order valence-electron chi connectivity index (χ3n) is 3.24. The molecule has 1 aliphatic heterocycles. The van der Waals surface area contributed by atoms with Gasteiger partial charge in [0.15, 0.2) is 0 Å². The Morgan fingerprint density at radius 2 is 2.17 bits per heavy atom. The van der Waals surface area contributed by atoms with E-state index in [0.717, 1.165) is 5.56 Å². The number of likely N-dealkylation sites (tertiary alicyclic amines) is 1. The number of carbonyl (C=O) groups excluding carboxylic acids is 1. The SMILES string of the molecule is CC1(O)CCN(C(=O)Cc2ccc(C#N)cc2)C1. The van der Waals surface area contributed by atoms with E-state index in [0.29, 0.717) is 31.5 Å². The van der Waals surface area contributed by atoms with Crippen LogP contribution < -0.4 is 0 Å². The second-order valence-electron chi connectivity index (χ2n) is 5.05. The molecule has 1 unspecified atom stereocenters. The number of β-amino-alcohol motifs (C(OH)–C–C–N with tert-alkyl or cyclic N) is 1. The summed E-state index contributed by atoms with van der Waals surface area (Å²) in [6.07, 6.45) is 0.952. The van der Waals surface area contributed by atoms with Gasteiger partial charge in [-0.3, -0.25) is 4.79 Å². The van der Waals surface area contributed by atoms with Crippen LogP contribution in [0.25, 0.3) is 0 Å². The number of nitrogens with zero attached hydrogens (tertiary/aromatic N) is 2. The fourth-order valence-corrected chi connectivity index (χ4v) is 2.14. The molecule has 1 atom stereocenters. The van der Waals surface area contributed by atoms with Crippen LogP contribution in [-0.4, -0.2) is 34.6 Å². The summed E-state index contributed by atoms with van der Waals surface area (Å²) in [5.41, 5.74) is 0.737. The van der Waals surface area contributed by atoms with Gasteiger partial charge in [-0.05, 0) is 31.0 Å². The van der Waals surface area contributed by atoms with Crippen LogP contribution in [0.3, 0.4) is 0 Å². The zero-order valence-corrected chi connectivity index (χ0v) is 10.4. The van der Waals surface area contributed by atoms with E-state index < -0.39 is 5.60 Å². The van der Waals surface area contributed by atoms with Gasteiger partial charge in [0.05, 0.1) is 23.7 Å². The lowest BCUT2D eigenvalue weighted by Crippen LogP contribution is -2.34. The fraction of sp³-hybridized carbons (Fsp3) is 0.429. The van der Waals surface area contributed by atoms with E-state index in [4.69, 9.17) is 5.26 Å². The first-order valence-electron chi connectivity index (χ1n) is 5.99. The van der Waals surface area contributed by atoms with E-state index in [1.807, 2.05) is 6.07 Å². The number of hydrogen-bond donors (Lipinski definition) is 1. The first-order chi connectivity index (χ1) is 8.50. The van der Waals surface area contributed by atoms with E-state index in [1.54, 1.807) is 36.1 Å². The Balaban J connectivity index is 1.97. The molecule has 0 aromatic heterocycles. The zero-order valence-electron chi connectivity index (χ0n) is 10.4. The first-order valence-corrected chi connectivity index (χ1v) is 5.99. The molecule has 1 amide bonds. The maximum Gasteiger partial charge on any atom is 0.227 e. The fourth-order valence-electron chi connectivity index (χ4n) is 2.14. The number of carbonyl (C=O) groups is 1. The van der Waals surface area contributed by atoms with E-state index in [-0.39, 0.29) is 5.91 Å². The highest BCUT2D eigenvalue weighted by atomic mass is 16.3. The van der Waals surface area contributed by atoms with Gasteiger partial charge in [-0.2, -0.15) is 5.26 Å². The van der Waals surface area contributed by atoms with Crippen molar-refractivity contribution in [3.63, 3.8) is 0 Å². The van der Waals surface area contributed by atoms with Gasteiger partial charge in [0, 0.05) is 13.1 Å². The first kappa shape index (κ1) is 12.6. The van der Waals surface area contributed by atoms with Crippen molar-refractivity contribution in [2.24, 2.45) is 0 Å². The lowest BCUT2D eigenvalue weighted by molar-refractivity contribution is -0.130. The van der Waals surface area contributed by atoms with E-state index in [2.05, 4.69) is 0 Å². The van der Waals surface area contributed by atoms with Crippen molar-refractivity contribution in [3.05, 3.63) is 35.4 Å². The number of rotatable bonds is 2. The minimum Gasteiger partial charge on any atom is -0.388 e. The van der Waals surface area contributed by atoms with Crippen molar-refractivity contribution >= 4 is 5.91 Å². The Kier molecular flexibility index (Phi) is 3.35. The molecule has 0 bridgehead atoms. The third kappa shape index (κ3) is 2.88. The predicted octanol–water partition coefficient (Wildman–Crippen LogP) is 1.08. The average Bonchev–Trinajstić information content (AvgIpc) is 2.71. The molecular weight excluding hydrogens is 228 g/mol. The van der Waals surface area contributed by atoms with Crippen molar-refractivity contribution in [3.8, 4) is 6.07 Å². The molecule has 1 aromatic rings. The average molecular weight is 244 g/mol. The molecule has 0 radical (unpaired) electrons. The largest absolute Gasteiger partial charge is 0.388 e. The van der Waals surface area contributed by atoms with Crippen LogP contribution in [0.5, 0.6) is 0 Å². The van der Waals surface area contributed by atoms with Gasteiger partial charge in [0.25, 0.3) is 0 Å². The molecule has 18 heavy (non-hydrogen) atoms. The van der Waals surface area contributed by atoms with Crippen LogP contribution in [0.4, 0.5) is 0 Å².